The fraction of sp³-hybridized carbons (Fsp3) is 0.938. The molecule has 1 aliphatic rings. The number of hydrogen-bond acceptors (Lipinski definition) is 3. The van der Waals surface area contributed by atoms with Gasteiger partial charge in [0, 0.05) is 19.0 Å². The Morgan fingerprint density at radius 2 is 1.65 bits per heavy atom. The van der Waals surface area contributed by atoms with Gasteiger partial charge in [0.25, 0.3) is 0 Å². The maximum absolute atomic E-state index is 13.6. The molecule has 1 fully saturated rings. The topological polar surface area (TPSA) is 49.8 Å². The second kappa shape index (κ2) is 6.15. The minimum atomic E-state index is -4.77. The van der Waals surface area contributed by atoms with Crippen LogP contribution in [0.4, 0.5) is 18.0 Å². The minimum Gasteiger partial charge on any atom is -0.444 e. The van der Waals surface area contributed by atoms with E-state index in [1.165, 1.54) is 25.7 Å². The van der Waals surface area contributed by atoms with Crippen molar-refractivity contribution in [3.63, 3.8) is 0 Å². The van der Waals surface area contributed by atoms with Gasteiger partial charge in [0.15, 0.2) is 5.60 Å². The molecule has 23 heavy (non-hydrogen) atoms. The van der Waals surface area contributed by atoms with Crippen LogP contribution in [-0.4, -0.2) is 46.6 Å². The van der Waals surface area contributed by atoms with Crippen molar-refractivity contribution in [1.29, 1.82) is 0 Å². The van der Waals surface area contributed by atoms with Crippen LogP contribution in [-0.2, 0) is 4.74 Å². The third-order valence-corrected chi connectivity index (χ3v) is 4.24. The van der Waals surface area contributed by atoms with Crippen LogP contribution in [0.2, 0.25) is 0 Å². The van der Waals surface area contributed by atoms with E-state index >= 15 is 0 Å². The van der Waals surface area contributed by atoms with Gasteiger partial charge in [-0.1, -0.05) is 20.8 Å². The van der Waals surface area contributed by atoms with Crippen molar-refractivity contribution in [2.24, 2.45) is 11.3 Å². The maximum atomic E-state index is 13.6. The molecular formula is C16H28F3NO3. The smallest absolute Gasteiger partial charge is 0.418 e. The van der Waals surface area contributed by atoms with Crippen LogP contribution < -0.4 is 0 Å². The first-order chi connectivity index (χ1) is 10.1. The molecule has 0 aromatic rings. The zero-order valence-corrected chi connectivity index (χ0v) is 14.8. The zero-order chi connectivity index (χ0) is 18.3. The first-order valence-electron chi connectivity index (χ1n) is 7.86. The molecule has 0 bridgehead atoms. The predicted octanol–water partition coefficient (Wildman–Crippen LogP) is 3.97. The molecule has 136 valence electrons. The van der Waals surface area contributed by atoms with E-state index in [2.05, 4.69) is 0 Å². The number of amides is 1. The van der Waals surface area contributed by atoms with Crippen LogP contribution in [0.25, 0.3) is 0 Å². The average molecular weight is 339 g/mol. The summed E-state index contributed by atoms with van der Waals surface area (Å²) >= 11 is 0. The predicted molar refractivity (Wildman–Crippen MR) is 81.0 cm³/mol. The number of piperidine rings is 1. The molecule has 0 spiro atoms. The van der Waals surface area contributed by atoms with E-state index in [1.54, 1.807) is 20.8 Å². The summed E-state index contributed by atoms with van der Waals surface area (Å²) in [4.78, 5) is 13.4. The van der Waals surface area contributed by atoms with Crippen molar-refractivity contribution in [3.8, 4) is 0 Å². The number of halogens is 3. The van der Waals surface area contributed by atoms with Crippen molar-refractivity contribution in [2.75, 3.05) is 13.1 Å². The maximum Gasteiger partial charge on any atom is 0.418 e. The number of carbonyl (C=O) groups excluding carboxylic acids is 1. The highest BCUT2D eigenvalue weighted by molar-refractivity contribution is 5.68. The number of nitrogens with zero attached hydrogens (tertiary/aromatic N) is 1. The lowest BCUT2D eigenvalue weighted by atomic mass is 9.66. The first kappa shape index (κ1) is 20.1. The van der Waals surface area contributed by atoms with Crippen LogP contribution in [0, 0.1) is 11.3 Å². The molecular weight excluding hydrogens is 311 g/mol. The molecule has 4 nitrogen and oxygen atoms in total. The summed E-state index contributed by atoms with van der Waals surface area (Å²) in [6, 6.07) is 0. The van der Waals surface area contributed by atoms with Crippen molar-refractivity contribution in [2.45, 2.75) is 71.8 Å². The molecule has 1 amide bonds. The molecule has 0 aromatic carbocycles. The Balaban J connectivity index is 3.02. The van der Waals surface area contributed by atoms with Crippen molar-refractivity contribution >= 4 is 6.09 Å². The summed E-state index contributed by atoms with van der Waals surface area (Å²) in [5, 5.41) is 10.5. The Morgan fingerprint density at radius 3 is 2.04 bits per heavy atom. The largest absolute Gasteiger partial charge is 0.444 e. The molecule has 0 aromatic heterocycles. The van der Waals surface area contributed by atoms with Crippen LogP contribution in [0.1, 0.15) is 54.4 Å². The van der Waals surface area contributed by atoms with Gasteiger partial charge in [0.2, 0.25) is 0 Å². The summed E-state index contributed by atoms with van der Waals surface area (Å²) in [5.41, 5.74) is -4.97. The number of likely N-dealkylation sites (tertiary alicyclic amines) is 1. The Hall–Kier alpha value is -0.980. The standard InChI is InChI=1S/C16H28F3NO3/c1-13(2,3)15(22,16(17,18)19)11-8-7-9-20(10-11)12(21)23-14(4,5)6/h11,22H,7-10H2,1-6H3. The number of hydrogen-bond donors (Lipinski definition) is 1. The number of rotatable bonds is 1. The van der Waals surface area contributed by atoms with Crippen molar-refractivity contribution in [3.05, 3.63) is 0 Å². The van der Waals surface area contributed by atoms with Crippen LogP contribution >= 0.6 is 0 Å². The minimum absolute atomic E-state index is 0.164. The molecule has 7 heteroatoms. The highest BCUT2D eigenvalue weighted by Gasteiger charge is 2.64. The first-order valence-corrected chi connectivity index (χ1v) is 7.86. The summed E-state index contributed by atoms with van der Waals surface area (Å²) in [5.74, 6) is -1.08. The molecule has 2 atom stereocenters. The number of carbonyl (C=O) groups is 1. The third kappa shape index (κ3) is 4.31. The van der Waals surface area contributed by atoms with Gasteiger partial charge in [-0.05, 0) is 39.0 Å². The van der Waals surface area contributed by atoms with Gasteiger partial charge in [-0.15, -0.1) is 0 Å². The van der Waals surface area contributed by atoms with Crippen LogP contribution in [0.3, 0.4) is 0 Å². The van der Waals surface area contributed by atoms with Gasteiger partial charge in [-0.25, -0.2) is 4.79 Å². The quantitative estimate of drug-likeness (QED) is 0.786. The van der Waals surface area contributed by atoms with Crippen molar-refractivity contribution < 1.29 is 27.8 Å². The summed E-state index contributed by atoms with van der Waals surface area (Å²) < 4.78 is 46.0. The lowest BCUT2D eigenvalue weighted by Gasteiger charge is -2.49. The monoisotopic (exact) mass is 339 g/mol. The van der Waals surface area contributed by atoms with Crippen molar-refractivity contribution in [1.82, 2.24) is 4.90 Å². The molecule has 0 saturated carbocycles. The van der Waals surface area contributed by atoms with Crippen LogP contribution in [0.5, 0.6) is 0 Å². The van der Waals surface area contributed by atoms with E-state index in [-0.39, 0.29) is 13.0 Å². The average Bonchev–Trinajstić information content (AvgIpc) is 2.33. The van der Waals surface area contributed by atoms with E-state index in [0.717, 1.165) is 0 Å². The number of ether oxygens (including phenoxy) is 1. The second-order valence-electron chi connectivity index (χ2n) is 8.28. The molecule has 1 N–H and O–H groups in total. The van der Waals surface area contributed by atoms with Gasteiger partial charge in [0.05, 0.1) is 0 Å². The lowest BCUT2D eigenvalue weighted by Crippen LogP contribution is -2.63. The fourth-order valence-corrected chi connectivity index (χ4v) is 3.08. The number of aliphatic hydroxyl groups is 1. The molecule has 1 heterocycles. The molecule has 1 aliphatic heterocycles. The van der Waals surface area contributed by atoms with Gasteiger partial charge < -0.3 is 14.7 Å². The summed E-state index contributed by atoms with van der Waals surface area (Å²) in [6.45, 7) is 9.38. The summed E-state index contributed by atoms with van der Waals surface area (Å²) in [6.07, 6.45) is -4.79. The van der Waals surface area contributed by atoms with E-state index in [9.17, 15) is 23.1 Å². The van der Waals surface area contributed by atoms with Gasteiger partial charge in [-0.2, -0.15) is 13.2 Å². The Labute approximate surface area is 136 Å². The normalized spacial score (nSPS) is 23.4. The van der Waals surface area contributed by atoms with Crippen LogP contribution in [0.15, 0.2) is 0 Å². The molecule has 2 unspecified atom stereocenters. The fourth-order valence-electron chi connectivity index (χ4n) is 3.08. The molecule has 0 aliphatic carbocycles. The van der Waals surface area contributed by atoms with E-state index < -0.39 is 34.8 Å². The molecule has 1 saturated heterocycles. The number of alkyl halides is 3. The van der Waals surface area contributed by atoms with Gasteiger partial charge >= 0.3 is 12.3 Å². The lowest BCUT2D eigenvalue weighted by molar-refractivity contribution is -0.318. The van der Waals surface area contributed by atoms with E-state index in [1.807, 2.05) is 0 Å². The van der Waals surface area contributed by atoms with Gasteiger partial charge in [0.1, 0.15) is 5.60 Å². The molecule has 0 radical (unpaired) electrons. The van der Waals surface area contributed by atoms with E-state index in [4.69, 9.17) is 4.74 Å². The summed E-state index contributed by atoms with van der Waals surface area (Å²) in [7, 11) is 0. The molecule has 1 rings (SSSR count). The SMILES string of the molecule is CC(C)(C)OC(=O)N1CCCC(C(O)(C(C)(C)C)C(F)(F)F)C1. The van der Waals surface area contributed by atoms with E-state index in [0.29, 0.717) is 13.0 Å². The van der Waals surface area contributed by atoms with Gasteiger partial charge in [-0.3, -0.25) is 0 Å². The Morgan fingerprint density at radius 1 is 1.13 bits per heavy atom. The second-order valence-corrected chi connectivity index (χ2v) is 8.28. The highest BCUT2D eigenvalue weighted by Crippen LogP contribution is 2.50. The third-order valence-electron chi connectivity index (χ3n) is 4.24. The Kier molecular flexibility index (Phi) is 5.36. The Bertz CT molecular complexity index is 421. The highest BCUT2D eigenvalue weighted by atomic mass is 19.4. The zero-order valence-electron chi connectivity index (χ0n) is 14.8.